The molecule has 1 aliphatic rings. The minimum Gasteiger partial charge on any atom is -0.301 e. The van der Waals surface area contributed by atoms with Gasteiger partial charge in [0.2, 0.25) is 11.9 Å². The molecule has 92 valence electrons. The Labute approximate surface area is 102 Å². The highest BCUT2D eigenvalue weighted by Crippen LogP contribution is 2.34. The third kappa shape index (κ3) is 2.44. The molecule has 1 aliphatic carbocycles. The second-order valence-electron chi connectivity index (χ2n) is 4.06. The predicted molar refractivity (Wildman–Crippen MR) is 63.7 cm³/mol. The van der Waals surface area contributed by atoms with Crippen molar-refractivity contribution < 1.29 is 9.72 Å². The Kier molecular flexibility index (Phi) is 3.10. The minimum absolute atomic E-state index is 0.289. The largest absolute Gasteiger partial charge is 0.301 e. The summed E-state index contributed by atoms with van der Waals surface area (Å²) >= 11 is 1.41. The maximum absolute atomic E-state index is 11.6. The molecule has 0 saturated heterocycles. The number of amides is 1. The predicted octanol–water partition coefficient (Wildman–Crippen LogP) is 1.62. The van der Waals surface area contributed by atoms with Crippen LogP contribution in [0.1, 0.15) is 23.9 Å². The zero-order valence-corrected chi connectivity index (χ0v) is 10.4. The van der Waals surface area contributed by atoms with Gasteiger partial charge in [0.25, 0.3) is 0 Å². The lowest BCUT2D eigenvalue weighted by Crippen LogP contribution is -2.18. The van der Waals surface area contributed by atoms with E-state index in [1.54, 1.807) is 0 Å². The molecule has 1 saturated carbocycles. The first-order valence-corrected chi connectivity index (χ1v) is 6.25. The normalized spacial score (nSPS) is 22.2. The molecule has 0 aromatic carbocycles. The van der Waals surface area contributed by atoms with E-state index in [-0.39, 0.29) is 5.91 Å². The van der Waals surface area contributed by atoms with E-state index in [2.05, 4.69) is 10.3 Å². The molecule has 1 aromatic rings. The van der Waals surface area contributed by atoms with Crippen molar-refractivity contribution in [3.05, 3.63) is 20.7 Å². The number of hydrogen-bond acceptors (Lipinski definition) is 5. The Bertz CT molecular complexity index is 471. The van der Waals surface area contributed by atoms with Gasteiger partial charge >= 0.3 is 0 Å². The Balaban J connectivity index is 1.97. The van der Waals surface area contributed by atoms with Crippen molar-refractivity contribution in [3.8, 4) is 0 Å². The summed E-state index contributed by atoms with van der Waals surface area (Å²) < 4.78 is 0. The molecule has 1 heterocycles. The third-order valence-electron chi connectivity index (χ3n) is 2.82. The Hall–Kier alpha value is -1.50. The zero-order chi connectivity index (χ0) is 12.6. The molecule has 0 spiro atoms. The van der Waals surface area contributed by atoms with Crippen LogP contribution >= 0.6 is 11.3 Å². The molecule has 0 radical (unpaired) electrons. The number of aromatic nitrogens is 1. The fraction of sp³-hybridized carbons (Fsp3) is 0.600. The lowest BCUT2D eigenvalue weighted by molar-refractivity contribution is -0.497. The van der Waals surface area contributed by atoms with Crippen LogP contribution in [0, 0.1) is 23.0 Å². The van der Waals surface area contributed by atoms with Crippen LogP contribution in [-0.2, 0) is 11.2 Å². The van der Waals surface area contributed by atoms with Gasteiger partial charge in [-0.25, -0.2) is 4.98 Å². The molecule has 2 atom stereocenters. The Morgan fingerprint density at radius 2 is 2.41 bits per heavy atom. The molecule has 6 nitrogen and oxygen atoms in total. The molecule has 2 unspecified atom stereocenters. The average molecular weight is 255 g/mol. The maximum atomic E-state index is 11.6. The SMILES string of the molecule is CCc1nc(NC(=O)C2CC2[N+](=O)[O-])sc1C. The summed E-state index contributed by atoms with van der Waals surface area (Å²) in [6, 6.07) is -0.707. The number of hydrogen-bond donors (Lipinski definition) is 1. The van der Waals surface area contributed by atoms with Crippen LogP contribution in [0.3, 0.4) is 0 Å². The van der Waals surface area contributed by atoms with Gasteiger partial charge in [-0.15, -0.1) is 11.3 Å². The second kappa shape index (κ2) is 4.40. The molecule has 17 heavy (non-hydrogen) atoms. The average Bonchev–Trinajstić information content (AvgIpc) is 2.99. The summed E-state index contributed by atoms with van der Waals surface area (Å²) in [6.45, 7) is 3.94. The van der Waals surface area contributed by atoms with Crippen molar-refractivity contribution in [1.82, 2.24) is 4.98 Å². The zero-order valence-electron chi connectivity index (χ0n) is 9.60. The van der Waals surface area contributed by atoms with E-state index < -0.39 is 16.9 Å². The summed E-state index contributed by atoms with van der Waals surface area (Å²) in [5.41, 5.74) is 0.965. The Morgan fingerprint density at radius 1 is 1.71 bits per heavy atom. The van der Waals surface area contributed by atoms with Crippen molar-refractivity contribution in [2.24, 2.45) is 5.92 Å². The highest BCUT2D eigenvalue weighted by atomic mass is 32.1. The molecule has 0 aliphatic heterocycles. The first-order valence-electron chi connectivity index (χ1n) is 5.43. The Morgan fingerprint density at radius 3 is 2.88 bits per heavy atom. The van der Waals surface area contributed by atoms with Crippen molar-refractivity contribution in [3.63, 3.8) is 0 Å². The lowest BCUT2D eigenvalue weighted by Gasteiger charge is -1.97. The molecule has 1 N–H and O–H groups in total. The smallest absolute Gasteiger partial charge is 0.236 e. The van der Waals surface area contributed by atoms with Crippen LogP contribution in [0.4, 0.5) is 5.13 Å². The van der Waals surface area contributed by atoms with E-state index in [1.807, 2.05) is 13.8 Å². The van der Waals surface area contributed by atoms with E-state index in [1.165, 1.54) is 11.3 Å². The van der Waals surface area contributed by atoms with E-state index in [0.717, 1.165) is 17.0 Å². The second-order valence-corrected chi connectivity index (χ2v) is 5.26. The summed E-state index contributed by atoms with van der Waals surface area (Å²) in [7, 11) is 0. The van der Waals surface area contributed by atoms with Gasteiger partial charge in [-0.2, -0.15) is 0 Å². The van der Waals surface area contributed by atoms with Crippen LogP contribution in [0.2, 0.25) is 0 Å². The van der Waals surface area contributed by atoms with E-state index in [9.17, 15) is 14.9 Å². The first-order chi connectivity index (χ1) is 8.02. The number of thiazole rings is 1. The number of anilines is 1. The van der Waals surface area contributed by atoms with E-state index in [4.69, 9.17) is 0 Å². The topological polar surface area (TPSA) is 85.1 Å². The van der Waals surface area contributed by atoms with Gasteiger partial charge in [-0.3, -0.25) is 14.9 Å². The molecule has 1 aromatic heterocycles. The lowest BCUT2D eigenvalue weighted by atomic mass is 10.3. The molecule has 1 fully saturated rings. The number of aryl methyl sites for hydroxylation is 2. The minimum atomic E-state index is -0.707. The summed E-state index contributed by atoms with van der Waals surface area (Å²) in [5.74, 6) is -0.776. The van der Waals surface area contributed by atoms with Gasteiger partial charge in [-0.1, -0.05) is 6.92 Å². The molecular formula is C10H13N3O3S. The fourth-order valence-corrected chi connectivity index (χ4v) is 2.61. The van der Waals surface area contributed by atoms with E-state index in [0.29, 0.717) is 11.6 Å². The van der Waals surface area contributed by atoms with Crippen molar-refractivity contribution in [1.29, 1.82) is 0 Å². The highest BCUT2D eigenvalue weighted by Gasteiger charge is 2.53. The van der Waals surface area contributed by atoms with Crippen LogP contribution in [0.25, 0.3) is 0 Å². The van der Waals surface area contributed by atoms with Crippen LogP contribution in [0.5, 0.6) is 0 Å². The maximum Gasteiger partial charge on any atom is 0.236 e. The highest BCUT2D eigenvalue weighted by molar-refractivity contribution is 7.15. The number of nitro groups is 1. The van der Waals surface area contributed by atoms with Gasteiger partial charge < -0.3 is 5.32 Å². The third-order valence-corrected chi connectivity index (χ3v) is 3.75. The van der Waals surface area contributed by atoms with Crippen LogP contribution < -0.4 is 5.32 Å². The van der Waals surface area contributed by atoms with E-state index >= 15 is 0 Å². The standard InChI is InChI=1S/C10H13N3O3S/c1-3-7-5(2)17-10(11-7)12-9(14)6-4-8(6)13(15)16/h6,8H,3-4H2,1-2H3,(H,11,12,14). The van der Waals surface area contributed by atoms with Crippen molar-refractivity contribution in [2.75, 3.05) is 5.32 Å². The van der Waals surface area contributed by atoms with Crippen molar-refractivity contribution in [2.45, 2.75) is 32.7 Å². The van der Waals surface area contributed by atoms with Crippen molar-refractivity contribution >= 4 is 22.4 Å². The number of rotatable bonds is 4. The quantitative estimate of drug-likeness (QED) is 0.654. The van der Waals surface area contributed by atoms with Gasteiger partial charge in [0.15, 0.2) is 5.13 Å². The number of carbonyl (C=O) groups excluding carboxylic acids is 1. The molecule has 2 rings (SSSR count). The number of nitrogens with one attached hydrogen (secondary N) is 1. The molecule has 1 amide bonds. The van der Waals surface area contributed by atoms with Crippen LogP contribution in [-0.4, -0.2) is 21.9 Å². The monoisotopic (exact) mass is 255 g/mol. The summed E-state index contributed by atoms with van der Waals surface area (Å²) in [5, 5.41) is 13.6. The number of carbonyl (C=O) groups is 1. The fourth-order valence-electron chi connectivity index (χ4n) is 1.70. The summed E-state index contributed by atoms with van der Waals surface area (Å²) in [4.78, 5) is 27.0. The van der Waals surface area contributed by atoms with Crippen LogP contribution in [0.15, 0.2) is 0 Å². The molecule has 7 heteroatoms. The van der Waals surface area contributed by atoms with Gasteiger partial charge in [-0.05, 0) is 13.3 Å². The van der Waals surface area contributed by atoms with Gasteiger partial charge in [0.1, 0.15) is 5.92 Å². The van der Waals surface area contributed by atoms with Gasteiger partial charge in [0, 0.05) is 16.2 Å². The molecule has 0 bridgehead atoms. The molecular weight excluding hydrogens is 242 g/mol. The first kappa shape index (κ1) is 12.0. The van der Waals surface area contributed by atoms with Gasteiger partial charge in [0.05, 0.1) is 5.69 Å². The number of nitrogens with zero attached hydrogens (tertiary/aromatic N) is 2. The summed E-state index contributed by atoms with van der Waals surface area (Å²) in [6.07, 6.45) is 1.16.